The molecular formula is C21H39NO4. The quantitative estimate of drug-likeness (QED) is 0.599. The van der Waals surface area contributed by atoms with Gasteiger partial charge in [0, 0.05) is 12.6 Å². The zero-order chi connectivity index (χ0) is 18.0. The maximum Gasteiger partial charge on any atom is 0.0837 e. The number of hydrogen-bond acceptors (Lipinski definition) is 5. The largest absolute Gasteiger partial charge is 0.377 e. The molecule has 152 valence electrons. The van der Waals surface area contributed by atoms with Gasteiger partial charge < -0.3 is 24.3 Å². The summed E-state index contributed by atoms with van der Waals surface area (Å²) < 4.78 is 23.7. The van der Waals surface area contributed by atoms with Crippen LogP contribution in [0.15, 0.2) is 0 Å². The van der Waals surface area contributed by atoms with Crippen LogP contribution in [0, 0.1) is 5.92 Å². The van der Waals surface area contributed by atoms with Gasteiger partial charge in [0.1, 0.15) is 0 Å². The molecule has 1 heterocycles. The van der Waals surface area contributed by atoms with Crippen LogP contribution in [0.3, 0.4) is 0 Å². The van der Waals surface area contributed by atoms with Crippen molar-refractivity contribution >= 4 is 0 Å². The third-order valence-electron chi connectivity index (χ3n) is 6.25. The standard InChI is InChI=1S/C21H39NO4/c1-2-24-18-9-3-4-10-19(18)25-15-13-23-14-16-26-20-11-5-7-17-8-6-12-22-21(17)20/h17-22H,2-16H2,1H3. The second-order valence-corrected chi connectivity index (χ2v) is 8.02. The van der Waals surface area contributed by atoms with E-state index in [0.717, 1.165) is 31.9 Å². The van der Waals surface area contributed by atoms with Crippen molar-refractivity contribution in [1.29, 1.82) is 0 Å². The van der Waals surface area contributed by atoms with E-state index in [2.05, 4.69) is 12.2 Å². The number of fused-ring (bicyclic) bond motifs is 1. The van der Waals surface area contributed by atoms with Crippen molar-refractivity contribution in [3.8, 4) is 0 Å². The molecule has 5 heteroatoms. The fraction of sp³-hybridized carbons (Fsp3) is 1.00. The molecule has 1 N–H and O–H groups in total. The van der Waals surface area contributed by atoms with Crippen molar-refractivity contribution < 1.29 is 18.9 Å². The summed E-state index contributed by atoms with van der Waals surface area (Å²) in [5, 5.41) is 3.69. The van der Waals surface area contributed by atoms with Gasteiger partial charge >= 0.3 is 0 Å². The van der Waals surface area contributed by atoms with Crippen molar-refractivity contribution in [1.82, 2.24) is 5.32 Å². The molecule has 5 unspecified atom stereocenters. The number of rotatable bonds is 10. The lowest BCUT2D eigenvalue weighted by molar-refractivity contribution is -0.103. The summed E-state index contributed by atoms with van der Waals surface area (Å²) in [4.78, 5) is 0. The topological polar surface area (TPSA) is 49.0 Å². The molecule has 5 nitrogen and oxygen atoms in total. The average Bonchev–Trinajstić information content (AvgIpc) is 2.69. The lowest BCUT2D eigenvalue weighted by Gasteiger charge is -2.41. The molecule has 3 aliphatic rings. The summed E-state index contributed by atoms with van der Waals surface area (Å²) in [5.74, 6) is 0.825. The predicted molar refractivity (Wildman–Crippen MR) is 103 cm³/mol. The second-order valence-electron chi connectivity index (χ2n) is 8.02. The minimum Gasteiger partial charge on any atom is -0.377 e. The molecular weight excluding hydrogens is 330 g/mol. The van der Waals surface area contributed by atoms with Crippen molar-refractivity contribution in [2.24, 2.45) is 5.92 Å². The van der Waals surface area contributed by atoms with E-state index in [9.17, 15) is 0 Å². The summed E-state index contributed by atoms with van der Waals surface area (Å²) in [6.07, 6.45) is 12.2. The first kappa shape index (κ1) is 20.5. The van der Waals surface area contributed by atoms with E-state index >= 15 is 0 Å². The fourth-order valence-electron chi connectivity index (χ4n) is 4.96. The Morgan fingerprint density at radius 1 is 0.692 bits per heavy atom. The highest BCUT2D eigenvalue weighted by molar-refractivity contribution is 4.91. The molecule has 0 aromatic heterocycles. The van der Waals surface area contributed by atoms with Crippen LogP contribution in [-0.2, 0) is 18.9 Å². The van der Waals surface area contributed by atoms with Gasteiger partial charge in [-0.3, -0.25) is 0 Å². The molecule has 3 fully saturated rings. The highest BCUT2D eigenvalue weighted by Gasteiger charge is 2.35. The zero-order valence-corrected chi connectivity index (χ0v) is 16.6. The predicted octanol–water partition coefficient (Wildman–Crippen LogP) is 3.30. The summed E-state index contributed by atoms with van der Waals surface area (Å²) in [6.45, 7) is 6.65. The highest BCUT2D eigenvalue weighted by Crippen LogP contribution is 2.32. The minimum atomic E-state index is 0.250. The molecule has 5 atom stereocenters. The average molecular weight is 370 g/mol. The molecule has 26 heavy (non-hydrogen) atoms. The Balaban J connectivity index is 1.23. The molecule has 3 rings (SSSR count). The van der Waals surface area contributed by atoms with Crippen molar-refractivity contribution in [2.45, 2.75) is 89.1 Å². The molecule has 0 radical (unpaired) electrons. The Labute approximate surface area is 159 Å². The molecule has 0 aromatic rings. The summed E-state index contributed by atoms with van der Waals surface area (Å²) in [5.41, 5.74) is 0. The molecule has 0 bridgehead atoms. The van der Waals surface area contributed by atoms with E-state index in [1.54, 1.807) is 0 Å². The lowest BCUT2D eigenvalue weighted by Crippen LogP contribution is -2.52. The summed E-state index contributed by atoms with van der Waals surface area (Å²) in [6, 6.07) is 0.572. The van der Waals surface area contributed by atoms with Gasteiger partial charge in [-0.1, -0.05) is 19.3 Å². The van der Waals surface area contributed by atoms with Crippen LogP contribution in [0.2, 0.25) is 0 Å². The van der Waals surface area contributed by atoms with Crippen molar-refractivity contribution in [2.75, 3.05) is 39.6 Å². The lowest BCUT2D eigenvalue weighted by atomic mass is 9.78. The van der Waals surface area contributed by atoms with Crippen molar-refractivity contribution in [3.05, 3.63) is 0 Å². The van der Waals surface area contributed by atoms with Crippen LogP contribution in [0.5, 0.6) is 0 Å². The summed E-state index contributed by atoms with van der Waals surface area (Å²) in [7, 11) is 0. The van der Waals surface area contributed by atoms with E-state index in [0.29, 0.717) is 38.6 Å². The summed E-state index contributed by atoms with van der Waals surface area (Å²) >= 11 is 0. The smallest absolute Gasteiger partial charge is 0.0837 e. The Kier molecular flexibility index (Phi) is 9.16. The fourth-order valence-corrected chi connectivity index (χ4v) is 4.96. The van der Waals surface area contributed by atoms with E-state index in [1.165, 1.54) is 44.9 Å². The molecule has 0 spiro atoms. The molecule has 0 amide bonds. The van der Waals surface area contributed by atoms with Gasteiger partial charge in [0.05, 0.1) is 44.7 Å². The second kappa shape index (κ2) is 11.6. The first-order valence-corrected chi connectivity index (χ1v) is 11.0. The Hall–Kier alpha value is -0.200. The Morgan fingerprint density at radius 3 is 2.12 bits per heavy atom. The maximum atomic E-state index is 6.15. The van der Waals surface area contributed by atoms with E-state index in [4.69, 9.17) is 18.9 Å². The van der Waals surface area contributed by atoms with Crippen LogP contribution < -0.4 is 5.32 Å². The van der Waals surface area contributed by atoms with Crippen LogP contribution in [0.25, 0.3) is 0 Å². The first-order chi connectivity index (χ1) is 12.9. The number of hydrogen-bond donors (Lipinski definition) is 1. The third-order valence-corrected chi connectivity index (χ3v) is 6.25. The van der Waals surface area contributed by atoms with E-state index in [-0.39, 0.29) is 12.2 Å². The van der Waals surface area contributed by atoms with Crippen molar-refractivity contribution in [3.63, 3.8) is 0 Å². The normalized spacial score (nSPS) is 35.2. The molecule has 1 saturated heterocycles. The Morgan fingerprint density at radius 2 is 1.35 bits per heavy atom. The first-order valence-electron chi connectivity index (χ1n) is 11.0. The number of nitrogens with one attached hydrogen (secondary N) is 1. The molecule has 2 saturated carbocycles. The van der Waals surface area contributed by atoms with Gasteiger partial charge in [-0.05, 0) is 57.9 Å². The van der Waals surface area contributed by atoms with Crippen LogP contribution in [-0.4, -0.2) is 63.9 Å². The zero-order valence-electron chi connectivity index (χ0n) is 16.6. The third kappa shape index (κ3) is 6.16. The van der Waals surface area contributed by atoms with Crippen LogP contribution in [0.4, 0.5) is 0 Å². The van der Waals surface area contributed by atoms with Gasteiger partial charge in [-0.15, -0.1) is 0 Å². The molecule has 0 aromatic carbocycles. The highest BCUT2D eigenvalue weighted by atomic mass is 16.6. The maximum absolute atomic E-state index is 6.15. The number of piperidine rings is 1. The minimum absolute atomic E-state index is 0.250. The molecule has 1 aliphatic heterocycles. The van der Waals surface area contributed by atoms with Gasteiger partial charge in [0.2, 0.25) is 0 Å². The SMILES string of the molecule is CCOC1CCCCC1OCCOCCOC1CCCC2CCCNC21. The van der Waals surface area contributed by atoms with Gasteiger partial charge in [0.25, 0.3) is 0 Å². The van der Waals surface area contributed by atoms with E-state index < -0.39 is 0 Å². The van der Waals surface area contributed by atoms with E-state index in [1.807, 2.05) is 0 Å². The van der Waals surface area contributed by atoms with Gasteiger partial charge in [-0.2, -0.15) is 0 Å². The van der Waals surface area contributed by atoms with Crippen LogP contribution >= 0.6 is 0 Å². The number of ether oxygens (including phenoxy) is 4. The monoisotopic (exact) mass is 369 g/mol. The van der Waals surface area contributed by atoms with Crippen LogP contribution in [0.1, 0.15) is 64.7 Å². The molecule has 2 aliphatic carbocycles. The van der Waals surface area contributed by atoms with Gasteiger partial charge in [-0.25, -0.2) is 0 Å². The van der Waals surface area contributed by atoms with Gasteiger partial charge in [0.15, 0.2) is 0 Å². The Bertz CT molecular complexity index is 377.